The molecule has 1 aromatic rings. The molecule has 6 heteroatoms. The zero-order valence-electron chi connectivity index (χ0n) is 12.6. The molecule has 21 heavy (non-hydrogen) atoms. The van der Waals surface area contributed by atoms with Crippen molar-refractivity contribution in [1.82, 2.24) is 10.3 Å². The van der Waals surface area contributed by atoms with Crippen molar-refractivity contribution in [3.05, 3.63) is 29.8 Å². The Morgan fingerprint density at radius 1 is 1.19 bits per heavy atom. The average Bonchev–Trinajstić information content (AvgIpc) is 2.50. The van der Waals surface area contributed by atoms with Gasteiger partial charge in [-0.1, -0.05) is 0 Å². The van der Waals surface area contributed by atoms with Crippen LogP contribution in [0.2, 0.25) is 0 Å². The van der Waals surface area contributed by atoms with Crippen molar-refractivity contribution in [3.63, 3.8) is 0 Å². The van der Waals surface area contributed by atoms with Crippen molar-refractivity contribution in [2.45, 2.75) is 20.8 Å². The average molecular weight is 291 g/mol. The molecule has 0 heterocycles. The van der Waals surface area contributed by atoms with Gasteiger partial charge >= 0.3 is 11.8 Å². The minimum absolute atomic E-state index is 0.491. The summed E-state index contributed by atoms with van der Waals surface area (Å²) in [5.41, 5.74) is 3.03. The first-order valence-corrected chi connectivity index (χ1v) is 6.97. The molecule has 0 bridgehead atoms. The van der Waals surface area contributed by atoms with Crippen molar-refractivity contribution < 1.29 is 14.3 Å². The number of rotatable bonds is 6. The Hall–Kier alpha value is -2.37. The van der Waals surface area contributed by atoms with Gasteiger partial charge in [0.15, 0.2) is 0 Å². The van der Waals surface area contributed by atoms with Gasteiger partial charge in [-0.2, -0.15) is 5.10 Å². The summed E-state index contributed by atoms with van der Waals surface area (Å²) in [6.07, 6.45) is 1.48. The van der Waals surface area contributed by atoms with Crippen LogP contribution in [0.5, 0.6) is 5.75 Å². The summed E-state index contributed by atoms with van der Waals surface area (Å²) in [7, 11) is 0. The highest BCUT2D eigenvalue weighted by atomic mass is 16.5. The lowest BCUT2D eigenvalue weighted by Gasteiger charge is -2.16. The molecule has 114 valence electrons. The summed E-state index contributed by atoms with van der Waals surface area (Å²) in [6, 6.07) is 7.25. The third kappa shape index (κ3) is 5.25. The number of hydrogen-bond acceptors (Lipinski definition) is 4. The second-order valence-corrected chi connectivity index (χ2v) is 4.18. The maximum absolute atomic E-state index is 11.7. The summed E-state index contributed by atoms with van der Waals surface area (Å²) in [5, 5.41) is 3.78. The number of carbonyl (C=O) groups is 2. The lowest BCUT2D eigenvalue weighted by Crippen LogP contribution is -2.41. The van der Waals surface area contributed by atoms with E-state index in [4.69, 9.17) is 4.74 Å². The molecule has 0 unspecified atom stereocenters. The van der Waals surface area contributed by atoms with Crippen LogP contribution in [0.15, 0.2) is 29.4 Å². The van der Waals surface area contributed by atoms with Gasteiger partial charge in [-0.25, -0.2) is 5.43 Å². The fourth-order valence-corrected chi connectivity index (χ4v) is 1.68. The van der Waals surface area contributed by atoms with Gasteiger partial charge in [0.1, 0.15) is 5.75 Å². The van der Waals surface area contributed by atoms with Crippen molar-refractivity contribution in [1.29, 1.82) is 0 Å². The Morgan fingerprint density at radius 2 is 1.81 bits per heavy atom. The van der Waals surface area contributed by atoms with Gasteiger partial charge in [0.05, 0.1) is 12.8 Å². The molecule has 1 N–H and O–H groups in total. The topological polar surface area (TPSA) is 71.0 Å². The van der Waals surface area contributed by atoms with Gasteiger partial charge in [-0.05, 0) is 50.6 Å². The maximum Gasteiger partial charge on any atom is 0.329 e. The molecule has 0 atom stereocenters. The number of amides is 2. The van der Waals surface area contributed by atoms with Crippen molar-refractivity contribution >= 4 is 18.0 Å². The first-order valence-electron chi connectivity index (χ1n) is 6.97. The second kappa shape index (κ2) is 8.73. The van der Waals surface area contributed by atoms with E-state index in [1.807, 2.05) is 45.0 Å². The first kappa shape index (κ1) is 16.7. The van der Waals surface area contributed by atoms with Crippen LogP contribution in [0.1, 0.15) is 26.3 Å². The Kier molecular flexibility index (Phi) is 6.94. The van der Waals surface area contributed by atoms with Crippen LogP contribution in [0, 0.1) is 0 Å². The normalized spacial score (nSPS) is 10.4. The summed E-state index contributed by atoms with van der Waals surface area (Å²) < 4.78 is 5.32. The largest absolute Gasteiger partial charge is 0.494 e. The third-order valence-electron chi connectivity index (χ3n) is 2.82. The SMILES string of the molecule is CCOc1ccc(/C=N\NC(=O)C(=O)N(CC)CC)cc1. The predicted octanol–water partition coefficient (Wildman–Crippen LogP) is 1.40. The van der Waals surface area contributed by atoms with Gasteiger partial charge in [0, 0.05) is 13.1 Å². The van der Waals surface area contributed by atoms with Crippen LogP contribution in [0.3, 0.4) is 0 Å². The second-order valence-electron chi connectivity index (χ2n) is 4.18. The molecular weight excluding hydrogens is 270 g/mol. The Balaban J connectivity index is 2.53. The predicted molar refractivity (Wildman–Crippen MR) is 81.3 cm³/mol. The van der Waals surface area contributed by atoms with Gasteiger partial charge < -0.3 is 9.64 Å². The highest BCUT2D eigenvalue weighted by Crippen LogP contribution is 2.10. The first-order chi connectivity index (χ1) is 10.1. The number of likely N-dealkylation sites (N-methyl/N-ethyl adjacent to an activating group) is 1. The van der Waals surface area contributed by atoms with E-state index in [-0.39, 0.29) is 0 Å². The smallest absolute Gasteiger partial charge is 0.329 e. The number of hydrazone groups is 1. The van der Waals surface area contributed by atoms with E-state index in [2.05, 4.69) is 10.5 Å². The van der Waals surface area contributed by atoms with Gasteiger partial charge in [0.2, 0.25) is 0 Å². The zero-order valence-corrected chi connectivity index (χ0v) is 12.6. The molecule has 0 saturated carbocycles. The fourth-order valence-electron chi connectivity index (χ4n) is 1.68. The number of nitrogens with zero attached hydrogens (tertiary/aromatic N) is 2. The number of benzene rings is 1. The molecule has 0 aliphatic rings. The molecule has 1 rings (SSSR count). The molecule has 2 amide bonds. The highest BCUT2D eigenvalue weighted by Gasteiger charge is 2.18. The molecule has 0 radical (unpaired) electrons. The molecular formula is C15H21N3O3. The summed E-state index contributed by atoms with van der Waals surface area (Å²) in [5.74, 6) is -0.542. The lowest BCUT2D eigenvalue weighted by molar-refractivity contribution is -0.145. The highest BCUT2D eigenvalue weighted by molar-refractivity contribution is 6.34. The van der Waals surface area contributed by atoms with Crippen LogP contribution < -0.4 is 10.2 Å². The van der Waals surface area contributed by atoms with E-state index in [1.54, 1.807) is 0 Å². The number of carbonyl (C=O) groups excluding carboxylic acids is 2. The Labute approximate surface area is 124 Å². The molecule has 0 aliphatic carbocycles. The van der Waals surface area contributed by atoms with Crippen LogP contribution in [-0.4, -0.2) is 42.6 Å². The molecule has 1 aromatic carbocycles. The van der Waals surface area contributed by atoms with Crippen molar-refractivity contribution in [2.75, 3.05) is 19.7 Å². The molecule has 0 saturated heterocycles. The van der Waals surface area contributed by atoms with E-state index in [9.17, 15) is 9.59 Å². The van der Waals surface area contributed by atoms with E-state index < -0.39 is 11.8 Å². The fraction of sp³-hybridized carbons (Fsp3) is 0.400. The summed E-state index contributed by atoms with van der Waals surface area (Å²) in [6.45, 7) is 7.14. The number of ether oxygens (including phenoxy) is 1. The standard InChI is InChI=1S/C15H21N3O3/c1-4-18(5-2)15(20)14(19)17-16-11-12-7-9-13(10-8-12)21-6-3/h7-11H,4-6H2,1-3H3,(H,17,19)/b16-11-. The number of hydrogen-bond donors (Lipinski definition) is 1. The van der Waals surface area contributed by atoms with Gasteiger partial charge in [0.25, 0.3) is 0 Å². The monoisotopic (exact) mass is 291 g/mol. The van der Waals surface area contributed by atoms with Crippen molar-refractivity contribution in [3.8, 4) is 5.75 Å². The molecule has 0 aliphatic heterocycles. The van der Waals surface area contributed by atoms with Crippen molar-refractivity contribution in [2.24, 2.45) is 5.10 Å². The van der Waals surface area contributed by atoms with Gasteiger partial charge in [-0.15, -0.1) is 0 Å². The van der Waals surface area contributed by atoms with E-state index >= 15 is 0 Å². The minimum atomic E-state index is -0.735. The van der Waals surface area contributed by atoms with Crippen LogP contribution in [0.25, 0.3) is 0 Å². The maximum atomic E-state index is 11.7. The van der Waals surface area contributed by atoms with E-state index in [0.29, 0.717) is 19.7 Å². The Bertz CT molecular complexity index is 493. The number of nitrogens with one attached hydrogen (secondary N) is 1. The van der Waals surface area contributed by atoms with Crippen LogP contribution >= 0.6 is 0 Å². The lowest BCUT2D eigenvalue weighted by atomic mass is 10.2. The summed E-state index contributed by atoms with van der Waals surface area (Å²) in [4.78, 5) is 24.7. The Morgan fingerprint density at radius 3 is 2.33 bits per heavy atom. The molecule has 0 fully saturated rings. The molecule has 0 aromatic heterocycles. The van der Waals surface area contributed by atoms with Gasteiger partial charge in [-0.3, -0.25) is 9.59 Å². The third-order valence-corrected chi connectivity index (χ3v) is 2.82. The van der Waals surface area contributed by atoms with E-state index in [0.717, 1.165) is 11.3 Å². The summed E-state index contributed by atoms with van der Waals surface area (Å²) >= 11 is 0. The molecule has 6 nitrogen and oxygen atoms in total. The molecule has 0 spiro atoms. The van der Waals surface area contributed by atoms with E-state index in [1.165, 1.54) is 11.1 Å². The minimum Gasteiger partial charge on any atom is -0.494 e. The van der Waals surface area contributed by atoms with Crippen LogP contribution in [0.4, 0.5) is 0 Å². The van der Waals surface area contributed by atoms with Crippen LogP contribution in [-0.2, 0) is 9.59 Å². The zero-order chi connectivity index (χ0) is 15.7. The quantitative estimate of drug-likeness (QED) is 0.489.